The topological polar surface area (TPSA) is 58.1 Å². The van der Waals surface area contributed by atoms with Gasteiger partial charge in [0.15, 0.2) is 0 Å². The molecule has 0 saturated carbocycles. The number of carbonyl (C=O) groups is 1. The molecule has 1 atom stereocenters. The SMILES string of the molecule is CCc1ncc(CN2CCCC(Cc3ccccc3-c3ccccc3)(C(=O)NC)C2)cn1. The molecule has 166 valence electrons. The molecule has 1 N–H and O–H groups in total. The Morgan fingerprint density at radius 1 is 1.06 bits per heavy atom. The smallest absolute Gasteiger partial charge is 0.227 e. The fourth-order valence-electron chi connectivity index (χ4n) is 4.88. The van der Waals surface area contributed by atoms with Gasteiger partial charge in [-0.2, -0.15) is 0 Å². The molecule has 1 aromatic heterocycles. The van der Waals surface area contributed by atoms with Crippen LogP contribution in [0.1, 0.15) is 36.7 Å². The quantitative estimate of drug-likeness (QED) is 0.610. The average Bonchev–Trinajstić information content (AvgIpc) is 2.85. The third kappa shape index (κ3) is 4.89. The molecule has 5 nitrogen and oxygen atoms in total. The number of rotatable bonds is 7. The van der Waals surface area contributed by atoms with Crippen LogP contribution < -0.4 is 5.32 Å². The summed E-state index contributed by atoms with van der Waals surface area (Å²) in [5.74, 6) is 0.993. The number of hydrogen-bond donors (Lipinski definition) is 1. The highest BCUT2D eigenvalue weighted by molar-refractivity contribution is 5.83. The molecule has 1 unspecified atom stereocenters. The van der Waals surface area contributed by atoms with Crippen molar-refractivity contribution in [2.45, 2.75) is 39.2 Å². The van der Waals surface area contributed by atoms with Crippen molar-refractivity contribution >= 4 is 5.91 Å². The molecular formula is C27H32N4O. The van der Waals surface area contributed by atoms with Crippen molar-refractivity contribution in [1.82, 2.24) is 20.2 Å². The summed E-state index contributed by atoms with van der Waals surface area (Å²) in [5, 5.41) is 2.96. The lowest BCUT2D eigenvalue weighted by atomic mass is 9.73. The van der Waals surface area contributed by atoms with Crippen LogP contribution in [0.5, 0.6) is 0 Å². The van der Waals surface area contributed by atoms with Crippen LogP contribution in [0.2, 0.25) is 0 Å². The number of hydrogen-bond acceptors (Lipinski definition) is 4. The van der Waals surface area contributed by atoms with Crippen molar-refractivity contribution in [3.63, 3.8) is 0 Å². The Hall–Kier alpha value is -3.05. The van der Waals surface area contributed by atoms with Crippen molar-refractivity contribution in [3.8, 4) is 11.1 Å². The number of amides is 1. The zero-order valence-corrected chi connectivity index (χ0v) is 19.1. The van der Waals surface area contributed by atoms with Gasteiger partial charge in [-0.3, -0.25) is 9.69 Å². The molecule has 0 radical (unpaired) electrons. The second kappa shape index (κ2) is 10.0. The summed E-state index contributed by atoms with van der Waals surface area (Å²) in [7, 11) is 1.75. The lowest BCUT2D eigenvalue weighted by Crippen LogP contribution is -2.52. The summed E-state index contributed by atoms with van der Waals surface area (Å²) in [5.41, 5.74) is 4.26. The van der Waals surface area contributed by atoms with E-state index in [2.05, 4.69) is 75.6 Å². The van der Waals surface area contributed by atoms with Crippen LogP contribution in [0, 0.1) is 5.41 Å². The van der Waals surface area contributed by atoms with Crippen molar-refractivity contribution < 1.29 is 4.79 Å². The number of nitrogens with zero attached hydrogens (tertiary/aromatic N) is 3. The van der Waals surface area contributed by atoms with Crippen LogP contribution in [0.4, 0.5) is 0 Å². The number of piperidine rings is 1. The summed E-state index contributed by atoms with van der Waals surface area (Å²) in [6, 6.07) is 18.9. The Bertz CT molecular complexity index is 1040. The Morgan fingerprint density at radius 3 is 2.50 bits per heavy atom. The van der Waals surface area contributed by atoms with E-state index in [9.17, 15) is 4.79 Å². The first-order valence-electron chi connectivity index (χ1n) is 11.5. The third-order valence-electron chi connectivity index (χ3n) is 6.48. The first kappa shape index (κ1) is 22.2. The van der Waals surface area contributed by atoms with Crippen molar-refractivity contribution in [2.24, 2.45) is 5.41 Å². The summed E-state index contributed by atoms with van der Waals surface area (Å²) in [6.45, 7) is 4.54. The van der Waals surface area contributed by atoms with E-state index in [1.165, 1.54) is 16.7 Å². The van der Waals surface area contributed by atoms with Crippen molar-refractivity contribution in [2.75, 3.05) is 20.1 Å². The maximum atomic E-state index is 13.3. The minimum absolute atomic E-state index is 0.127. The molecule has 0 aliphatic carbocycles. The van der Waals surface area contributed by atoms with Gasteiger partial charge in [-0.05, 0) is 42.5 Å². The standard InChI is InChI=1S/C27H32N4O/c1-3-25-29-17-21(18-30-25)19-31-15-9-14-27(20-31,26(32)28-2)16-23-12-7-8-13-24(23)22-10-5-4-6-11-22/h4-8,10-13,17-18H,3,9,14-16,19-20H2,1-2H3,(H,28,32). The summed E-state index contributed by atoms with van der Waals surface area (Å²) >= 11 is 0. The van der Waals surface area contributed by atoms with Crippen LogP contribution >= 0.6 is 0 Å². The highest BCUT2D eigenvalue weighted by Gasteiger charge is 2.42. The number of carbonyl (C=O) groups excluding carboxylic acids is 1. The molecule has 0 bridgehead atoms. The monoisotopic (exact) mass is 428 g/mol. The normalized spacial score (nSPS) is 18.9. The maximum Gasteiger partial charge on any atom is 0.227 e. The first-order chi connectivity index (χ1) is 15.6. The van der Waals surface area contributed by atoms with E-state index in [1.807, 2.05) is 18.5 Å². The lowest BCUT2D eigenvalue weighted by Gasteiger charge is -2.42. The van der Waals surface area contributed by atoms with Crippen LogP contribution in [0.3, 0.4) is 0 Å². The van der Waals surface area contributed by atoms with Gasteiger partial charge >= 0.3 is 0 Å². The second-order valence-electron chi connectivity index (χ2n) is 8.73. The van der Waals surface area contributed by atoms with Gasteiger partial charge in [0.25, 0.3) is 0 Å². The Balaban J connectivity index is 1.60. The average molecular weight is 429 g/mol. The van der Waals surface area contributed by atoms with Crippen LogP contribution in [0.15, 0.2) is 67.0 Å². The number of aryl methyl sites for hydroxylation is 1. The molecule has 4 rings (SSSR count). The summed E-state index contributed by atoms with van der Waals surface area (Å²) < 4.78 is 0. The van der Waals surface area contributed by atoms with E-state index in [-0.39, 0.29) is 5.91 Å². The minimum Gasteiger partial charge on any atom is -0.359 e. The number of aromatic nitrogens is 2. The van der Waals surface area contributed by atoms with Crippen LogP contribution in [0.25, 0.3) is 11.1 Å². The number of nitrogens with one attached hydrogen (secondary N) is 1. The van der Waals surface area contributed by atoms with E-state index < -0.39 is 5.41 Å². The van der Waals surface area contributed by atoms with Crippen LogP contribution in [-0.4, -0.2) is 40.9 Å². The fourth-order valence-corrected chi connectivity index (χ4v) is 4.88. The van der Waals surface area contributed by atoms with Crippen molar-refractivity contribution in [1.29, 1.82) is 0 Å². The highest BCUT2D eigenvalue weighted by Crippen LogP contribution is 2.37. The second-order valence-corrected chi connectivity index (χ2v) is 8.73. The van der Waals surface area contributed by atoms with Crippen molar-refractivity contribution in [3.05, 3.63) is 83.9 Å². The molecule has 3 aromatic rings. The third-order valence-corrected chi connectivity index (χ3v) is 6.48. The highest BCUT2D eigenvalue weighted by atomic mass is 16.2. The number of likely N-dealkylation sites (tertiary alicyclic amines) is 1. The first-order valence-corrected chi connectivity index (χ1v) is 11.5. The van der Waals surface area contributed by atoms with Gasteiger partial charge in [-0.15, -0.1) is 0 Å². The summed E-state index contributed by atoms with van der Waals surface area (Å²) in [4.78, 5) is 24.5. The Morgan fingerprint density at radius 2 is 1.78 bits per heavy atom. The zero-order chi connectivity index (χ0) is 22.4. The molecule has 32 heavy (non-hydrogen) atoms. The maximum absolute atomic E-state index is 13.3. The Labute approximate surface area is 190 Å². The van der Waals surface area contributed by atoms with Gasteiger partial charge in [0.2, 0.25) is 5.91 Å². The molecule has 5 heteroatoms. The van der Waals surface area contributed by atoms with Gasteiger partial charge in [-0.1, -0.05) is 61.5 Å². The lowest BCUT2D eigenvalue weighted by molar-refractivity contribution is -0.134. The molecule has 1 amide bonds. The fraction of sp³-hybridized carbons (Fsp3) is 0.370. The predicted octanol–water partition coefficient (Wildman–Crippen LogP) is 4.28. The predicted molar refractivity (Wildman–Crippen MR) is 128 cm³/mol. The molecule has 2 aromatic carbocycles. The van der Waals surface area contributed by atoms with Gasteiger partial charge in [0, 0.05) is 44.5 Å². The minimum atomic E-state index is -0.456. The van der Waals surface area contributed by atoms with Crippen LogP contribution in [-0.2, 0) is 24.2 Å². The van der Waals surface area contributed by atoms with Gasteiger partial charge in [0.1, 0.15) is 5.82 Å². The van der Waals surface area contributed by atoms with E-state index >= 15 is 0 Å². The van der Waals surface area contributed by atoms with Gasteiger partial charge < -0.3 is 5.32 Å². The molecular weight excluding hydrogens is 396 g/mol. The summed E-state index contributed by atoms with van der Waals surface area (Å²) in [6.07, 6.45) is 7.29. The van der Waals surface area contributed by atoms with E-state index in [0.29, 0.717) is 0 Å². The number of benzene rings is 2. The Kier molecular flexibility index (Phi) is 6.96. The van der Waals surface area contributed by atoms with E-state index in [1.54, 1.807) is 7.05 Å². The van der Waals surface area contributed by atoms with Gasteiger partial charge in [0.05, 0.1) is 5.41 Å². The van der Waals surface area contributed by atoms with Gasteiger partial charge in [-0.25, -0.2) is 9.97 Å². The molecule has 0 spiro atoms. The molecule has 1 saturated heterocycles. The van der Waals surface area contributed by atoms with E-state index in [0.717, 1.165) is 56.7 Å². The molecule has 1 fully saturated rings. The molecule has 2 heterocycles. The molecule has 1 aliphatic rings. The molecule has 1 aliphatic heterocycles. The van der Waals surface area contributed by atoms with E-state index in [4.69, 9.17) is 0 Å². The largest absolute Gasteiger partial charge is 0.359 e. The zero-order valence-electron chi connectivity index (χ0n) is 19.1.